The Bertz CT molecular complexity index is 598. The van der Waals surface area contributed by atoms with E-state index in [-0.39, 0.29) is 11.5 Å². The Morgan fingerprint density at radius 2 is 1.15 bits per heavy atom. The molecular formula is C23H30O3. The van der Waals surface area contributed by atoms with E-state index in [0.29, 0.717) is 25.0 Å². The number of methoxy groups -OCH3 is 3. The van der Waals surface area contributed by atoms with Gasteiger partial charge in [0, 0.05) is 26.7 Å². The van der Waals surface area contributed by atoms with Crippen molar-refractivity contribution in [1.82, 2.24) is 0 Å². The Morgan fingerprint density at radius 1 is 0.731 bits per heavy atom. The lowest BCUT2D eigenvalue weighted by molar-refractivity contribution is -0.0779. The number of hydrogen-bond acceptors (Lipinski definition) is 3. The third-order valence-corrected chi connectivity index (χ3v) is 5.95. The van der Waals surface area contributed by atoms with Crippen LogP contribution in [0.3, 0.4) is 0 Å². The van der Waals surface area contributed by atoms with Gasteiger partial charge in [0.25, 0.3) is 0 Å². The molecular weight excluding hydrogens is 324 g/mol. The maximum Gasteiger partial charge on any atom is 0.0583 e. The quantitative estimate of drug-likeness (QED) is 0.725. The summed E-state index contributed by atoms with van der Waals surface area (Å²) in [6, 6.07) is 21.5. The van der Waals surface area contributed by atoms with Crippen molar-refractivity contribution in [3.05, 3.63) is 71.8 Å². The van der Waals surface area contributed by atoms with Crippen LogP contribution in [0.4, 0.5) is 0 Å². The fraction of sp³-hybridized carbons (Fsp3) is 0.478. The van der Waals surface area contributed by atoms with Gasteiger partial charge in [-0.3, -0.25) is 0 Å². The molecule has 1 fully saturated rings. The number of hydrogen-bond donors (Lipinski definition) is 0. The van der Waals surface area contributed by atoms with Crippen molar-refractivity contribution in [2.75, 3.05) is 34.5 Å². The van der Waals surface area contributed by atoms with Crippen molar-refractivity contribution in [3.8, 4) is 0 Å². The molecule has 0 bridgehead atoms. The van der Waals surface area contributed by atoms with E-state index in [1.54, 1.807) is 14.2 Å². The highest BCUT2D eigenvalue weighted by molar-refractivity contribution is 5.31. The number of rotatable bonds is 7. The summed E-state index contributed by atoms with van der Waals surface area (Å²) in [4.78, 5) is 0. The first-order valence-electron chi connectivity index (χ1n) is 9.35. The van der Waals surface area contributed by atoms with Crippen LogP contribution in [0.25, 0.3) is 0 Å². The third kappa shape index (κ3) is 3.71. The molecule has 0 aliphatic heterocycles. The fourth-order valence-corrected chi connectivity index (χ4v) is 4.81. The number of benzene rings is 2. The van der Waals surface area contributed by atoms with Gasteiger partial charge in [0.2, 0.25) is 0 Å². The van der Waals surface area contributed by atoms with E-state index in [2.05, 4.69) is 60.7 Å². The molecule has 2 atom stereocenters. The second kappa shape index (κ2) is 8.81. The van der Waals surface area contributed by atoms with Crippen molar-refractivity contribution < 1.29 is 14.2 Å². The molecule has 0 amide bonds. The molecule has 3 rings (SSSR count). The average molecular weight is 354 g/mol. The summed E-state index contributed by atoms with van der Waals surface area (Å²) in [7, 11) is 5.42. The molecule has 0 aromatic heterocycles. The average Bonchev–Trinajstić information content (AvgIpc) is 2.70. The van der Waals surface area contributed by atoms with E-state index in [9.17, 15) is 0 Å². The largest absolute Gasteiger partial charge is 0.384 e. The predicted octanol–water partition coefficient (Wildman–Crippen LogP) is 4.64. The van der Waals surface area contributed by atoms with Crippen molar-refractivity contribution in [1.29, 1.82) is 0 Å². The smallest absolute Gasteiger partial charge is 0.0583 e. The van der Waals surface area contributed by atoms with E-state index < -0.39 is 0 Å². The predicted molar refractivity (Wildman–Crippen MR) is 105 cm³/mol. The zero-order valence-corrected chi connectivity index (χ0v) is 16.1. The van der Waals surface area contributed by atoms with E-state index in [0.717, 1.165) is 12.8 Å². The van der Waals surface area contributed by atoms with Gasteiger partial charge in [-0.25, -0.2) is 0 Å². The Kier molecular flexibility index (Phi) is 6.47. The van der Waals surface area contributed by atoms with Crippen LogP contribution in [-0.4, -0.2) is 40.6 Å². The molecule has 140 valence electrons. The molecule has 0 unspecified atom stereocenters. The highest BCUT2D eigenvalue weighted by Gasteiger charge is 2.51. The molecule has 0 saturated heterocycles. The lowest BCUT2D eigenvalue weighted by atomic mass is 9.56. The van der Waals surface area contributed by atoms with Gasteiger partial charge in [-0.05, 0) is 35.8 Å². The highest BCUT2D eigenvalue weighted by Crippen LogP contribution is 2.55. The summed E-state index contributed by atoms with van der Waals surface area (Å²) in [5, 5.41) is 0. The molecule has 0 N–H and O–H groups in total. The zero-order chi connectivity index (χ0) is 18.4. The summed E-state index contributed by atoms with van der Waals surface area (Å²) in [5.74, 6) is 0.625. The van der Waals surface area contributed by atoms with Crippen LogP contribution in [0.15, 0.2) is 60.7 Å². The normalized spacial score (nSPS) is 25.1. The maximum atomic E-state index is 5.86. The van der Waals surface area contributed by atoms with Crippen LogP contribution in [0.1, 0.15) is 35.8 Å². The lowest BCUT2D eigenvalue weighted by Crippen LogP contribution is -2.49. The number of ether oxygens (including phenoxy) is 3. The third-order valence-electron chi connectivity index (χ3n) is 5.95. The van der Waals surface area contributed by atoms with Gasteiger partial charge in [0.05, 0.1) is 19.3 Å². The molecule has 1 aliphatic carbocycles. The molecule has 0 heterocycles. The molecule has 1 aliphatic rings. The molecule has 2 aromatic carbocycles. The van der Waals surface area contributed by atoms with Gasteiger partial charge in [0.1, 0.15) is 0 Å². The second-order valence-electron chi connectivity index (χ2n) is 7.35. The second-order valence-corrected chi connectivity index (χ2v) is 7.35. The van der Waals surface area contributed by atoms with E-state index in [1.807, 2.05) is 7.11 Å². The monoisotopic (exact) mass is 354 g/mol. The molecule has 2 aromatic rings. The summed E-state index contributed by atoms with van der Waals surface area (Å²) in [6.45, 7) is 1.33. The van der Waals surface area contributed by atoms with Crippen molar-refractivity contribution in [3.63, 3.8) is 0 Å². The Labute approximate surface area is 157 Å². The van der Waals surface area contributed by atoms with Crippen LogP contribution < -0.4 is 0 Å². The van der Waals surface area contributed by atoms with Gasteiger partial charge in [-0.15, -0.1) is 0 Å². The van der Waals surface area contributed by atoms with Gasteiger partial charge in [0.15, 0.2) is 0 Å². The van der Waals surface area contributed by atoms with E-state index in [4.69, 9.17) is 14.2 Å². The Morgan fingerprint density at radius 3 is 1.50 bits per heavy atom. The minimum absolute atomic E-state index is 0.124. The van der Waals surface area contributed by atoms with Crippen LogP contribution in [0, 0.1) is 5.41 Å². The Balaban J connectivity index is 2.12. The zero-order valence-electron chi connectivity index (χ0n) is 16.1. The standard InChI is InChI=1S/C23H30O3/c1-24-16-23(17-25-2)21(18-10-6-4-7-11-18)14-20(26-3)15-22(23)19-12-8-5-9-13-19/h4-13,20-22H,14-17H2,1-3H3/t21-,22-/m0/s1. The molecule has 0 spiro atoms. The molecule has 1 saturated carbocycles. The summed E-state index contributed by atoms with van der Waals surface area (Å²) >= 11 is 0. The van der Waals surface area contributed by atoms with Gasteiger partial charge in [-0.1, -0.05) is 60.7 Å². The van der Waals surface area contributed by atoms with Crippen molar-refractivity contribution in [2.24, 2.45) is 5.41 Å². The molecule has 3 heteroatoms. The van der Waals surface area contributed by atoms with Crippen molar-refractivity contribution >= 4 is 0 Å². The van der Waals surface area contributed by atoms with E-state index in [1.165, 1.54) is 11.1 Å². The summed E-state index contributed by atoms with van der Waals surface area (Å²) in [6.07, 6.45) is 2.19. The summed E-state index contributed by atoms with van der Waals surface area (Å²) < 4.78 is 17.4. The Hall–Kier alpha value is -1.68. The first-order chi connectivity index (χ1) is 12.7. The van der Waals surface area contributed by atoms with Gasteiger partial charge in [-0.2, -0.15) is 0 Å². The first kappa shape index (κ1) is 19.1. The summed E-state index contributed by atoms with van der Waals surface area (Å²) in [5.41, 5.74) is 2.55. The fourth-order valence-electron chi connectivity index (χ4n) is 4.81. The van der Waals surface area contributed by atoms with Crippen LogP contribution in [0.5, 0.6) is 0 Å². The molecule has 0 radical (unpaired) electrons. The van der Waals surface area contributed by atoms with Gasteiger partial charge >= 0.3 is 0 Å². The van der Waals surface area contributed by atoms with E-state index >= 15 is 0 Å². The lowest BCUT2D eigenvalue weighted by Gasteiger charge is -2.51. The molecule has 26 heavy (non-hydrogen) atoms. The highest BCUT2D eigenvalue weighted by atomic mass is 16.5. The van der Waals surface area contributed by atoms with Crippen molar-refractivity contribution in [2.45, 2.75) is 30.8 Å². The maximum absolute atomic E-state index is 5.86. The van der Waals surface area contributed by atoms with Crippen LogP contribution in [-0.2, 0) is 14.2 Å². The minimum Gasteiger partial charge on any atom is -0.384 e. The minimum atomic E-state index is -0.124. The first-order valence-corrected chi connectivity index (χ1v) is 9.35. The topological polar surface area (TPSA) is 27.7 Å². The van der Waals surface area contributed by atoms with Crippen LogP contribution in [0.2, 0.25) is 0 Å². The SMILES string of the molecule is COCC1(COC)[C@H](c2ccccc2)CC(OC)C[C@H]1c1ccccc1. The van der Waals surface area contributed by atoms with Crippen LogP contribution >= 0.6 is 0 Å². The molecule has 3 nitrogen and oxygen atoms in total. The van der Waals surface area contributed by atoms with Gasteiger partial charge < -0.3 is 14.2 Å².